The minimum absolute atomic E-state index is 0.920. The van der Waals surface area contributed by atoms with Gasteiger partial charge in [-0.15, -0.1) is 0 Å². The number of hydrogen-bond donors (Lipinski definition) is 2. The summed E-state index contributed by atoms with van der Waals surface area (Å²) in [6.07, 6.45) is 8.65. The van der Waals surface area contributed by atoms with Crippen molar-refractivity contribution in [1.82, 2.24) is 10.6 Å². The molecule has 1 aliphatic heterocycles. The standard InChI is InChI=1S/C9H12N2/c1-2-9(7-10-5-1)11-6-8-3-4-8/h1-2,5,8,10-11H,3-4,6H2. The van der Waals surface area contributed by atoms with Gasteiger partial charge in [0, 0.05) is 12.2 Å². The minimum atomic E-state index is 0.920. The van der Waals surface area contributed by atoms with Crippen molar-refractivity contribution in [2.24, 2.45) is 5.92 Å². The number of rotatable bonds is 3. The van der Waals surface area contributed by atoms with Gasteiger partial charge < -0.3 is 10.6 Å². The lowest BCUT2D eigenvalue weighted by Gasteiger charge is -2.10. The Morgan fingerprint density at radius 3 is 3.18 bits per heavy atom. The molecule has 0 unspecified atom stereocenters. The average Bonchev–Trinajstić information content (AvgIpc) is 2.86. The van der Waals surface area contributed by atoms with Crippen LogP contribution >= 0.6 is 0 Å². The van der Waals surface area contributed by atoms with E-state index in [1.54, 1.807) is 0 Å². The van der Waals surface area contributed by atoms with Crippen molar-refractivity contribution in [1.29, 1.82) is 0 Å². The van der Waals surface area contributed by atoms with Crippen LogP contribution in [0.15, 0.2) is 24.0 Å². The first kappa shape index (κ1) is 6.77. The zero-order chi connectivity index (χ0) is 7.52. The molecule has 0 spiro atoms. The molecule has 1 aliphatic carbocycles. The highest BCUT2D eigenvalue weighted by atomic mass is 15.0. The molecule has 2 N–H and O–H groups in total. The zero-order valence-corrected chi connectivity index (χ0v) is 6.43. The van der Waals surface area contributed by atoms with E-state index in [1.165, 1.54) is 12.8 Å². The minimum Gasteiger partial charge on any atom is -0.386 e. The summed E-state index contributed by atoms with van der Waals surface area (Å²) < 4.78 is 0. The van der Waals surface area contributed by atoms with Gasteiger partial charge in [0.05, 0.1) is 0 Å². The summed E-state index contributed by atoms with van der Waals surface area (Å²) in [5, 5.41) is 6.24. The first-order chi connectivity index (χ1) is 5.45. The second-order valence-electron chi connectivity index (χ2n) is 3.03. The van der Waals surface area contributed by atoms with E-state index in [0.717, 1.165) is 18.2 Å². The van der Waals surface area contributed by atoms with Gasteiger partial charge in [0.2, 0.25) is 0 Å². The Kier molecular flexibility index (Phi) is 1.84. The Bertz CT molecular complexity index is 190. The molecule has 2 heteroatoms. The fourth-order valence-corrected chi connectivity index (χ4v) is 1.03. The van der Waals surface area contributed by atoms with Gasteiger partial charge in [-0.1, -0.05) is 0 Å². The molecule has 2 rings (SSSR count). The zero-order valence-electron chi connectivity index (χ0n) is 6.43. The van der Waals surface area contributed by atoms with Gasteiger partial charge in [0.1, 0.15) is 6.54 Å². The van der Waals surface area contributed by atoms with Crippen LogP contribution in [0, 0.1) is 12.5 Å². The van der Waals surface area contributed by atoms with E-state index < -0.39 is 0 Å². The van der Waals surface area contributed by atoms with Crippen molar-refractivity contribution in [2.75, 3.05) is 6.54 Å². The third-order valence-corrected chi connectivity index (χ3v) is 1.93. The highest BCUT2D eigenvalue weighted by Crippen LogP contribution is 2.27. The van der Waals surface area contributed by atoms with Gasteiger partial charge in [-0.05, 0) is 37.1 Å². The van der Waals surface area contributed by atoms with E-state index in [-0.39, 0.29) is 0 Å². The molecule has 11 heavy (non-hydrogen) atoms. The summed E-state index contributed by atoms with van der Waals surface area (Å²) in [7, 11) is 0. The monoisotopic (exact) mass is 148 g/mol. The van der Waals surface area contributed by atoms with E-state index in [0.29, 0.717) is 0 Å². The molecule has 0 saturated heterocycles. The van der Waals surface area contributed by atoms with Gasteiger partial charge in [-0.25, -0.2) is 0 Å². The molecule has 2 aliphatic rings. The van der Waals surface area contributed by atoms with E-state index in [4.69, 9.17) is 0 Å². The van der Waals surface area contributed by atoms with Crippen LogP contribution in [0.1, 0.15) is 12.8 Å². The van der Waals surface area contributed by atoms with Gasteiger partial charge in [-0.3, -0.25) is 0 Å². The highest BCUT2D eigenvalue weighted by Gasteiger charge is 2.20. The number of nitrogens with one attached hydrogen (secondary N) is 2. The maximum absolute atomic E-state index is 3.32. The van der Waals surface area contributed by atoms with Crippen LogP contribution in [0.2, 0.25) is 0 Å². The van der Waals surface area contributed by atoms with Crippen molar-refractivity contribution < 1.29 is 0 Å². The van der Waals surface area contributed by atoms with Crippen molar-refractivity contribution in [3.05, 3.63) is 30.6 Å². The molecule has 1 heterocycles. The van der Waals surface area contributed by atoms with E-state index in [9.17, 15) is 0 Å². The quantitative estimate of drug-likeness (QED) is 0.624. The molecular weight excluding hydrogens is 136 g/mol. The summed E-state index contributed by atoms with van der Waals surface area (Å²) in [5.41, 5.74) is 1.07. The third-order valence-electron chi connectivity index (χ3n) is 1.93. The topological polar surface area (TPSA) is 24.1 Å². The fourth-order valence-electron chi connectivity index (χ4n) is 1.03. The predicted molar refractivity (Wildman–Crippen MR) is 44.3 cm³/mol. The van der Waals surface area contributed by atoms with Crippen LogP contribution < -0.4 is 10.6 Å². The van der Waals surface area contributed by atoms with Crippen LogP contribution in [-0.4, -0.2) is 6.54 Å². The Morgan fingerprint density at radius 2 is 2.55 bits per heavy atom. The maximum Gasteiger partial charge on any atom is 0.140 e. The summed E-state index contributed by atoms with van der Waals surface area (Å²) in [6.45, 7) is 4.12. The molecule has 0 atom stereocenters. The van der Waals surface area contributed by atoms with Crippen LogP contribution in [0.25, 0.3) is 0 Å². The average molecular weight is 148 g/mol. The van der Waals surface area contributed by atoms with Crippen molar-refractivity contribution in [3.63, 3.8) is 0 Å². The smallest absolute Gasteiger partial charge is 0.140 e. The van der Waals surface area contributed by atoms with Crippen LogP contribution in [0.5, 0.6) is 0 Å². The molecule has 58 valence electrons. The first-order valence-electron chi connectivity index (χ1n) is 4.07. The molecule has 1 fully saturated rings. The van der Waals surface area contributed by atoms with Crippen molar-refractivity contribution in [2.45, 2.75) is 12.8 Å². The largest absolute Gasteiger partial charge is 0.386 e. The molecule has 0 amide bonds. The lowest BCUT2D eigenvalue weighted by atomic mass is 10.3. The fraction of sp³-hybridized carbons (Fsp3) is 0.444. The third kappa shape index (κ3) is 2.00. The molecule has 0 aromatic heterocycles. The van der Waals surface area contributed by atoms with Crippen molar-refractivity contribution in [3.8, 4) is 0 Å². The number of allylic oxidation sites excluding steroid dienone is 2. The lowest BCUT2D eigenvalue weighted by molar-refractivity contribution is 0.709. The van der Waals surface area contributed by atoms with Crippen LogP contribution in [-0.2, 0) is 0 Å². The molecule has 1 saturated carbocycles. The molecule has 2 radical (unpaired) electrons. The predicted octanol–water partition coefficient (Wildman–Crippen LogP) is 1.03. The Balaban J connectivity index is 1.75. The second kappa shape index (κ2) is 2.99. The second-order valence-corrected chi connectivity index (χ2v) is 3.03. The molecule has 0 aromatic carbocycles. The molecule has 2 nitrogen and oxygen atoms in total. The molecule has 0 bridgehead atoms. The maximum atomic E-state index is 3.32. The van der Waals surface area contributed by atoms with Crippen LogP contribution in [0.4, 0.5) is 0 Å². The molecule has 0 aromatic rings. The van der Waals surface area contributed by atoms with E-state index in [2.05, 4.69) is 17.2 Å². The Hall–Kier alpha value is -0.920. The molecular formula is C9H12N2. The highest BCUT2D eigenvalue weighted by molar-refractivity contribution is 5.22. The summed E-state index contributed by atoms with van der Waals surface area (Å²) in [6, 6.07) is 0. The summed E-state index contributed by atoms with van der Waals surface area (Å²) in [5.74, 6) is 0.920. The SMILES string of the molecule is [C]1NC=CC=C1NCC1CC1. The normalized spacial score (nSPS) is 22.4. The van der Waals surface area contributed by atoms with Gasteiger partial charge in [0.25, 0.3) is 0 Å². The summed E-state index contributed by atoms with van der Waals surface area (Å²) >= 11 is 0. The number of dihydropyridines is 1. The van der Waals surface area contributed by atoms with Gasteiger partial charge in [-0.2, -0.15) is 0 Å². The van der Waals surface area contributed by atoms with E-state index in [1.807, 2.05) is 18.4 Å². The summed E-state index contributed by atoms with van der Waals surface area (Å²) in [4.78, 5) is 0. The van der Waals surface area contributed by atoms with Crippen molar-refractivity contribution >= 4 is 0 Å². The lowest BCUT2D eigenvalue weighted by Crippen LogP contribution is -2.21. The van der Waals surface area contributed by atoms with Crippen LogP contribution in [0.3, 0.4) is 0 Å². The van der Waals surface area contributed by atoms with Gasteiger partial charge >= 0.3 is 0 Å². The Labute approximate surface area is 67.4 Å². The Morgan fingerprint density at radius 1 is 1.64 bits per heavy atom. The number of hydrogen-bond acceptors (Lipinski definition) is 2. The van der Waals surface area contributed by atoms with E-state index >= 15 is 0 Å². The van der Waals surface area contributed by atoms with Gasteiger partial charge in [0.15, 0.2) is 0 Å². The first-order valence-corrected chi connectivity index (χ1v) is 4.07.